The third-order valence-corrected chi connectivity index (χ3v) is 4.59. The van der Waals surface area contributed by atoms with Crippen LogP contribution in [-0.2, 0) is 12.6 Å². The fraction of sp³-hybridized carbons (Fsp3) is 0.143. The van der Waals surface area contributed by atoms with Crippen molar-refractivity contribution in [2.75, 3.05) is 6.54 Å². The van der Waals surface area contributed by atoms with E-state index in [1.807, 2.05) is 36.5 Å². The second-order valence-electron chi connectivity index (χ2n) is 6.69. The van der Waals surface area contributed by atoms with Crippen molar-refractivity contribution in [2.24, 2.45) is 0 Å². The number of hydrogen-bond donors (Lipinski definition) is 1. The molecule has 0 aliphatic carbocycles. The Labute approximate surface area is 175 Å². The standard InChI is InChI=1S/C21H17F3N6O/c22-21(23,24)17-4-1-2-5-19(17)30-14-18(27-28-30)20(31)25-12-10-15-6-8-16(9-7-15)29-13-3-11-26-29/h1-9,11,13-14H,10,12H2,(H,25,31). The molecule has 4 aromatic rings. The van der Waals surface area contributed by atoms with Crippen LogP contribution in [0.5, 0.6) is 0 Å². The average molecular weight is 426 g/mol. The van der Waals surface area contributed by atoms with Gasteiger partial charge in [-0.3, -0.25) is 4.79 Å². The van der Waals surface area contributed by atoms with Crippen LogP contribution in [0.4, 0.5) is 13.2 Å². The number of para-hydroxylation sites is 1. The molecule has 2 aromatic heterocycles. The zero-order valence-electron chi connectivity index (χ0n) is 16.1. The Hall–Kier alpha value is -3.95. The summed E-state index contributed by atoms with van der Waals surface area (Å²) in [5, 5.41) is 14.2. The van der Waals surface area contributed by atoms with Gasteiger partial charge in [-0.15, -0.1) is 5.10 Å². The van der Waals surface area contributed by atoms with Gasteiger partial charge in [0.25, 0.3) is 5.91 Å². The molecule has 2 heterocycles. The highest BCUT2D eigenvalue weighted by atomic mass is 19.4. The summed E-state index contributed by atoms with van der Waals surface area (Å²) < 4.78 is 42.3. The number of alkyl halides is 3. The van der Waals surface area contributed by atoms with Crippen molar-refractivity contribution in [1.82, 2.24) is 30.1 Å². The molecular weight excluding hydrogens is 409 g/mol. The van der Waals surface area contributed by atoms with Crippen LogP contribution >= 0.6 is 0 Å². The summed E-state index contributed by atoms with van der Waals surface area (Å²) in [7, 11) is 0. The maximum absolute atomic E-state index is 13.2. The van der Waals surface area contributed by atoms with Crippen LogP contribution in [0.3, 0.4) is 0 Å². The van der Waals surface area contributed by atoms with Gasteiger partial charge < -0.3 is 5.32 Å². The largest absolute Gasteiger partial charge is 0.418 e. The van der Waals surface area contributed by atoms with Crippen LogP contribution in [0.1, 0.15) is 21.6 Å². The number of benzene rings is 2. The highest BCUT2D eigenvalue weighted by Crippen LogP contribution is 2.33. The molecule has 10 heteroatoms. The van der Waals surface area contributed by atoms with Crippen molar-refractivity contribution >= 4 is 5.91 Å². The second kappa shape index (κ2) is 8.42. The van der Waals surface area contributed by atoms with Gasteiger partial charge in [0.05, 0.1) is 23.1 Å². The van der Waals surface area contributed by atoms with Crippen LogP contribution in [0.15, 0.2) is 73.2 Å². The number of carbonyl (C=O) groups excluding carboxylic acids is 1. The fourth-order valence-electron chi connectivity index (χ4n) is 3.05. The molecule has 1 amide bonds. The van der Waals surface area contributed by atoms with Gasteiger partial charge in [-0.1, -0.05) is 29.5 Å². The molecular formula is C21H17F3N6O. The van der Waals surface area contributed by atoms with Crippen molar-refractivity contribution in [1.29, 1.82) is 0 Å². The minimum absolute atomic E-state index is 0.0639. The Balaban J connectivity index is 1.37. The van der Waals surface area contributed by atoms with E-state index in [1.54, 1.807) is 10.9 Å². The number of carbonyl (C=O) groups is 1. The van der Waals surface area contributed by atoms with Crippen molar-refractivity contribution in [3.63, 3.8) is 0 Å². The van der Waals surface area contributed by atoms with E-state index in [1.165, 1.54) is 24.4 Å². The van der Waals surface area contributed by atoms with Crippen LogP contribution in [0, 0.1) is 0 Å². The molecule has 31 heavy (non-hydrogen) atoms. The van der Waals surface area contributed by atoms with Crippen molar-refractivity contribution < 1.29 is 18.0 Å². The maximum Gasteiger partial charge on any atom is 0.418 e. The first kappa shape index (κ1) is 20.3. The van der Waals surface area contributed by atoms with Crippen molar-refractivity contribution in [3.05, 3.63) is 90.0 Å². The molecule has 0 aliphatic rings. The monoisotopic (exact) mass is 426 g/mol. The third-order valence-electron chi connectivity index (χ3n) is 4.59. The SMILES string of the molecule is O=C(NCCc1ccc(-n2cccn2)cc1)c1cn(-c2ccccc2C(F)(F)F)nn1. The molecule has 158 valence electrons. The van der Waals surface area contributed by atoms with Crippen LogP contribution < -0.4 is 5.32 Å². The predicted molar refractivity (Wildman–Crippen MR) is 106 cm³/mol. The molecule has 0 radical (unpaired) electrons. The lowest BCUT2D eigenvalue weighted by Crippen LogP contribution is -2.26. The Bertz CT molecular complexity index is 1170. The van der Waals surface area contributed by atoms with Crippen molar-refractivity contribution in [3.8, 4) is 11.4 Å². The lowest BCUT2D eigenvalue weighted by molar-refractivity contribution is -0.137. The van der Waals surface area contributed by atoms with E-state index in [9.17, 15) is 18.0 Å². The minimum Gasteiger partial charge on any atom is -0.350 e. The van der Waals surface area contributed by atoms with E-state index >= 15 is 0 Å². The second-order valence-corrected chi connectivity index (χ2v) is 6.69. The maximum atomic E-state index is 13.2. The van der Waals surface area contributed by atoms with Gasteiger partial charge in [0, 0.05) is 18.9 Å². The van der Waals surface area contributed by atoms with Gasteiger partial charge in [0.2, 0.25) is 0 Å². The summed E-state index contributed by atoms with van der Waals surface area (Å²) in [6, 6.07) is 14.5. The molecule has 0 spiro atoms. The highest BCUT2D eigenvalue weighted by molar-refractivity contribution is 5.91. The summed E-state index contributed by atoms with van der Waals surface area (Å²) in [6.45, 7) is 0.339. The molecule has 1 N–H and O–H groups in total. The predicted octanol–water partition coefficient (Wildman–Crippen LogP) is 3.44. The van der Waals surface area contributed by atoms with Crippen LogP contribution in [-0.4, -0.2) is 37.2 Å². The Morgan fingerprint density at radius 2 is 1.77 bits per heavy atom. The molecule has 0 saturated heterocycles. The van der Waals surface area contributed by atoms with E-state index < -0.39 is 17.6 Å². The smallest absolute Gasteiger partial charge is 0.350 e. The van der Waals surface area contributed by atoms with Gasteiger partial charge in [0.15, 0.2) is 5.69 Å². The van der Waals surface area contributed by atoms with Gasteiger partial charge >= 0.3 is 6.18 Å². The highest BCUT2D eigenvalue weighted by Gasteiger charge is 2.34. The van der Waals surface area contributed by atoms with E-state index in [4.69, 9.17) is 0 Å². The zero-order valence-corrected chi connectivity index (χ0v) is 16.1. The number of amides is 1. The van der Waals surface area contributed by atoms with E-state index in [0.717, 1.165) is 22.0 Å². The molecule has 0 atom stereocenters. The molecule has 0 bridgehead atoms. The van der Waals surface area contributed by atoms with Crippen molar-refractivity contribution in [2.45, 2.75) is 12.6 Å². The zero-order chi connectivity index (χ0) is 21.8. The minimum atomic E-state index is -4.54. The number of hydrogen-bond acceptors (Lipinski definition) is 4. The van der Waals surface area contributed by atoms with Gasteiger partial charge in [-0.05, 0) is 42.3 Å². The number of nitrogens with one attached hydrogen (secondary N) is 1. The topological polar surface area (TPSA) is 77.6 Å². The Morgan fingerprint density at radius 3 is 2.48 bits per heavy atom. The molecule has 0 aliphatic heterocycles. The Kier molecular flexibility index (Phi) is 5.52. The van der Waals surface area contributed by atoms with Gasteiger partial charge in [-0.2, -0.15) is 18.3 Å². The first-order valence-corrected chi connectivity index (χ1v) is 9.38. The molecule has 2 aromatic carbocycles. The first-order valence-electron chi connectivity index (χ1n) is 9.38. The Morgan fingerprint density at radius 1 is 1.00 bits per heavy atom. The summed E-state index contributed by atoms with van der Waals surface area (Å²) in [5.41, 5.74) is 0.822. The molecule has 0 unspecified atom stereocenters. The normalized spacial score (nSPS) is 11.5. The lowest BCUT2D eigenvalue weighted by Gasteiger charge is -2.11. The summed E-state index contributed by atoms with van der Waals surface area (Å²) >= 11 is 0. The third kappa shape index (κ3) is 4.63. The first-order chi connectivity index (χ1) is 14.9. The number of nitrogens with zero attached hydrogens (tertiary/aromatic N) is 5. The van der Waals surface area contributed by atoms with E-state index in [-0.39, 0.29) is 11.4 Å². The lowest BCUT2D eigenvalue weighted by atomic mass is 10.1. The van der Waals surface area contributed by atoms with Gasteiger partial charge in [-0.25, -0.2) is 9.36 Å². The summed E-state index contributed by atoms with van der Waals surface area (Å²) in [5.74, 6) is -0.510. The summed E-state index contributed by atoms with van der Waals surface area (Å²) in [4.78, 5) is 12.3. The molecule has 0 saturated carbocycles. The van der Waals surface area contributed by atoms with Crippen LogP contribution in [0.25, 0.3) is 11.4 Å². The fourth-order valence-corrected chi connectivity index (χ4v) is 3.05. The van der Waals surface area contributed by atoms with Crippen LogP contribution in [0.2, 0.25) is 0 Å². The van der Waals surface area contributed by atoms with E-state index in [0.29, 0.717) is 13.0 Å². The molecule has 4 rings (SSSR count). The average Bonchev–Trinajstić information content (AvgIpc) is 3.46. The van der Waals surface area contributed by atoms with E-state index in [2.05, 4.69) is 20.7 Å². The molecule has 0 fully saturated rings. The van der Waals surface area contributed by atoms with Gasteiger partial charge in [0.1, 0.15) is 0 Å². The number of halogens is 3. The quantitative estimate of drug-likeness (QED) is 0.512. The molecule has 7 nitrogen and oxygen atoms in total. The number of aromatic nitrogens is 5. The summed E-state index contributed by atoms with van der Waals surface area (Å²) in [6.07, 6.45) is 0.754. The number of rotatable bonds is 6.